The van der Waals surface area contributed by atoms with E-state index in [-0.39, 0.29) is 5.56 Å². The molecule has 0 fully saturated rings. The van der Waals surface area contributed by atoms with Gasteiger partial charge in [-0.3, -0.25) is 4.79 Å². The topological polar surface area (TPSA) is 34.9 Å². The summed E-state index contributed by atoms with van der Waals surface area (Å²) in [5.74, 6) is 0. The van der Waals surface area contributed by atoms with E-state index in [1.807, 2.05) is 0 Å². The minimum Gasteiger partial charge on any atom is -0.267 e. The second-order valence-electron chi connectivity index (χ2n) is 2.05. The molecule has 0 radical (unpaired) electrons. The number of hydrogen-bond acceptors (Lipinski definition) is 2. The van der Waals surface area contributed by atoms with E-state index in [4.69, 9.17) is 0 Å². The fourth-order valence-electron chi connectivity index (χ4n) is 0.631. The highest BCUT2D eigenvalue weighted by molar-refractivity contribution is 9.10. The molecule has 0 saturated heterocycles. The maximum Gasteiger partial charge on any atom is 0.270 e. The first-order valence-corrected chi connectivity index (χ1v) is 3.60. The van der Waals surface area contributed by atoms with Crippen molar-refractivity contribution in [2.75, 3.05) is 0 Å². The molecule has 3 nitrogen and oxygen atoms in total. The summed E-state index contributed by atoms with van der Waals surface area (Å²) >= 11 is 3.20. The van der Waals surface area contributed by atoms with Crippen LogP contribution in [0.3, 0.4) is 0 Å². The SMILES string of the molecule is Cc1c(Br)cnn(C)c1=O. The first-order valence-electron chi connectivity index (χ1n) is 2.81. The minimum atomic E-state index is -0.0608. The average Bonchev–Trinajstić information content (AvgIpc) is 1.93. The number of rotatable bonds is 0. The van der Waals surface area contributed by atoms with E-state index >= 15 is 0 Å². The standard InChI is InChI=1S/C6H7BrN2O/c1-4-5(7)3-8-9(2)6(4)10/h3H,1-2H3. The summed E-state index contributed by atoms with van der Waals surface area (Å²) < 4.78 is 2.07. The number of nitrogens with zero attached hydrogens (tertiary/aromatic N) is 2. The van der Waals surface area contributed by atoms with Crippen LogP contribution in [0.15, 0.2) is 15.5 Å². The number of aryl methyl sites for hydroxylation is 1. The molecular weight excluding hydrogens is 196 g/mol. The van der Waals surface area contributed by atoms with Crippen LogP contribution in [0.1, 0.15) is 5.56 Å². The lowest BCUT2D eigenvalue weighted by Crippen LogP contribution is -2.21. The molecule has 0 saturated carbocycles. The second-order valence-corrected chi connectivity index (χ2v) is 2.90. The van der Waals surface area contributed by atoms with Gasteiger partial charge in [0.15, 0.2) is 0 Å². The van der Waals surface area contributed by atoms with Crippen LogP contribution in [0.2, 0.25) is 0 Å². The summed E-state index contributed by atoms with van der Waals surface area (Å²) in [7, 11) is 1.63. The van der Waals surface area contributed by atoms with Crippen molar-refractivity contribution in [2.24, 2.45) is 7.05 Å². The van der Waals surface area contributed by atoms with Gasteiger partial charge in [0.1, 0.15) is 0 Å². The van der Waals surface area contributed by atoms with Gasteiger partial charge in [0.25, 0.3) is 5.56 Å². The third-order valence-electron chi connectivity index (χ3n) is 1.32. The highest BCUT2D eigenvalue weighted by atomic mass is 79.9. The summed E-state index contributed by atoms with van der Waals surface area (Å²) in [6, 6.07) is 0. The van der Waals surface area contributed by atoms with E-state index in [2.05, 4.69) is 21.0 Å². The molecule has 0 unspecified atom stereocenters. The quantitative estimate of drug-likeness (QED) is 0.626. The summed E-state index contributed by atoms with van der Waals surface area (Å²) in [4.78, 5) is 11.1. The molecule has 0 N–H and O–H groups in total. The molecule has 0 aliphatic carbocycles. The van der Waals surface area contributed by atoms with E-state index in [1.165, 1.54) is 4.68 Å². The molecule has 0 aliphatic rings. The van der Waals surface area contributed by atoms with Crippen LogP contribution in [-0.4, -0.2) is 9.78 Å². The van der Waals surface area contributed by atoms with Gasteiger partial charge in [-0.25, -0.2) is 4.68 Å². The Kier molecular flexibility index (Phi) is 1.89. The van der Waals surface area contributed by atoms with Crippen LogP contribution in [0, 0.1) is 6.92 Å². The van der Waals surface area contributed by atoms with Gasteiger partial charge in [0.2, 0.25) is 0 Å². The zero-order valence-electron chi connectivity index (χ0n) is 5.76. The lowest BCUT2D eigenvalue weighted by Gasteiger charge is -1.97. The van der Waals surface area contributed by atoms with Gasteiger partial charge in [0.05, 0.1) is 6.20 Å². The molecule has 0 atom stereocenters. The highest BCUT2D eigenvalue weighted by Gasteiger charge is 1.99. The monoisotopic (exact) mass is 202 g/mol. The lowest BCUT2D eigenvalue weighted by molar-refractivity contribution is 0.697. The Labute approximate surface area is 66.8 Å². The Bertz CT molecular complexity index is 305. The number of halogens is 1. The van der Waals surface area contributed by atoms with Crippen molar-refractivity contribution in [3.05, 3.63) is 26.6 Å². The first kappa shape index (κ1) is 7.47. The molecule has 1 heterocycles. The molecule has 54 valence electrons. The summed E-state index contributed by atoms with van der Waals surface area (Å²) in [5.41, 5.74) is 0.631. The maximum absolute atomic E-state index is 11.1. The van der Waals surface area contributed by atoms with Gasteiger partial charge in [-0.2, -0.15) is 5.10 Å². The molecule has 1 aromatic rings. The third kappa shape index (κ3) is 1.11. The molecule has 1 rings (SSSR count). The van der Waals surface area contributed by atoms with Gasteiger partial charge in [0, 0.05) is 17.1 Å². The highest BCUT2D eigenvalue weighted by Crippen LogP contribution is 2.07. The zero-order valence-corrected chi connectivity index (χ0v) is 7.34. The van der Waals surface area contributed by atoms with Crippen molar-refractivity contribution in [3.63, 3.8) is 0 Å². The summed E-state index contributed by atoms with van der Waals surface area (Å²) in [6.45, 7) is 1.76. The molecule has 0 bridgehead atoms. The van der Waals surface area contributed by atoms with Gasteiger partial charge < -0.3 is 0 Å². The van der Waals surface area contributed by atoms with Crippen LogP contribution >= 0.6 is 15.9 Å². The Morgan fingerprint density at radius 3 is 2.80 bits per heavy atom. The summed E-state index contributed by atoms with van der Waals surface area (Å²) in [5, 5.41) is 3.80. The van der Waals surface area contributed by atoms with E-state index < -0.39 is 0 Å². The molecule has 0 amide bonds. The Morgan fingerprint density at radius 1 is 1.70 bits per heavy atom. The van der Waals surface area contributed by atoms with Gasteiger partial charge in [-0.1, -0.05) is 0 Å². The third-order valence-corrected chi connectivity index (χ3v) is 2.12. The van der Waals surface area contributed by atoms with Crippen molar-refractivity contribution < 1.29 is 0 Å². The van der Waals surface area contributed by atoms with Crippen LogP contribution in [0.5, 0.6) is 0 Å². The summed E-state index contributed by atoms with van der Waals surface area (Å²) in [6.07, 6.45) is 1.61. The van der Waals surface area contributed by atoms with Gasteiger partial charge in [-0.05, 0) is 22.9 Å². The molecular formula is C6H7BrN2O. The fraction of sp³-hybridized carbons (Fsp3) is 0.333. The second kappa shape index (κ2) is 2.54. The van der Waals surface area contributed by atoms with Crippen molar-refractivity contribution in [1.82, 2.24) is 9.78 Å². The molecule has 1 aromatic heterocycles. The Morgan fingerprint density at radius 2 is 2.30 bits per heavy atom. The smallest absolute Gasteiger partial charge is 0.267 e. The van der Waals surface area contributed by atoms with Crippen LogP contribution < -0.4 is 5.56 Å². The number of aromatic nitrogens is 2. The Balaban J connectivity index is 3.50. The largest absolute Gasteiger partial charge is 0.270 e. The first-order chi connectivity index (χ1) is 4.63. The zero-order chi connectivity index (χ0) is 7.72. The van der Waals surface area contributed by atoms with Crippen molar-refractivity contribution >= 4 is 15.9 Å². The fourth-order valence-corrected chi connectivity index (χ4v) is 0.893. The number of hydrogen-bond donors (Lipinski definition) is 0. The molecule has 4 heteroatoms. The van der Waals surface area contributed by atoms with E-state index in [0.29, 0.717) is 5.56 Å². The van der Waals surface area contributed by atoms with E-state index in [1.54, 1.807) is 20.2 Å². The molecule has 0 aliphatic heterocycles. The maximum atomic E-state index is 11.1. The Hall–Kier alpha value is -0.640. The van der Waals surface area contributed by atoms with Crippen molar-refractivity contribution in [3.8, 4) is 0 Å². The molecule has 0 spiro atoms. The lowest BCUT2D eigenvalue weighted by atomic mass is 10.3. The minimum absolute atomic E-state index is 0.0608. The predicted octanol–water partition coefficient (Wildman–Crippen LogP) is 0.851. The van der Waals surface area contributed by atoms with E-state index in [0.717, 1.165) is 4.47 Å². The van der Waals surface area contributed by atoms with Crippen LogP contribution in [0.4, 0.5) is 0 Å². The predicted molar refractivity (Wildman–Crippen MR) is 41.9 cm³/mol. The van der Waals surface area contributed by atoms with Crippen molar-refractivity contribution in [1.29, 1.82) is 0 Å². The van der Waals surface area contributed by atoms with Gasteiger partial charge >= 0.3 is 0 Å². The normalized spacial score (nSPS) is 9.90. The van der Waals surface area contributed by atoms with Crippen LogP contribution in [0.25, 0.3) is 0 Å². The van der Waals surface area contributed by atoms with Gasteiger partial charge in [-0.15, -0.1) is 0 Å². The average molecular weight is 203 g/mol. The molecule has 10 heavy (non-hydrogen) atoms. The molecule has 0 aromatic carbocycles. The van der Waals surface area contributed by atoms with Crippen molar-refractivity contribution in [2.45, 2.75) is 6.92 Å². The van der Waals surface area contributed by atoms with E-state index in [9.17, 15) is 4.79 Å². The van der Waals surface area contributed by atoms with Crippen LogP contribution in [-0.2, 0) is 7.05 Å².